The largest absolute Gasteiger partial charge is 0.349 e. The molecule has 82 valence electrons. The van der Waals surface area contributed by atoms with Crippen LogP contribution < -0.4 is 11.0 Å². The maximum absolute atomic E-state index is 11.3. The molecule has 5 nitrogen and oxygen atoms in total. The van der Waals surface area contributed by atoms with Crippen LogP contribution in [0.5, 0.6) is 0 Å². The minimum absolute atomic E-state index is 0.339. The Hall–Kier alpha value is -0.780. The molecule has 0 radical (unpaired) electrons. The molecule has 0 aliphatic rings. The van der Waals surface area contributed by atoms with Crippen molar-refractivity contribution < 1.29 is 4.79 Å². The number of aromatic nitrogens is 2. The third-order valence-electron chi connectivity index (χ3n) is 1.55. The average Bonchev–Trinajstić information content (AvgIpc) is 2.14. The fraction of sp³-hybridized carbons (Fsp3) is 0.286. The molecule has 0 aliphatic carbocycles. The Morgan fingerprint density at radius 2 is 2.20 bits per heavy atom. The van der Waals surface area contributed by atoms with Crippen molar-refractivity contribution >= 4 is 41.2 Å². The van der Waals surface area contributed by atoms with Crippen LogP contribution in [-0.2, 0) is 4.79 Å². The standard InChI is InChI=1S/C7H6Cl3N3O2/c8-7(9,10)5(12-4-14)13-3-1-2-11-6(13)15/h1-5H,(H,12,14)/t5-/m1/s1. The van der Waals surface area contributed by atoms with Gasteiger partial charge in [-0.1, -0.05) is 34.8 Å². The topological polar surface area (TPSA) is 64.0 Å². The summed E-state index contributed by atoms with van der Waals surface area (Å²) in [5, 5.41) is 2.23. The second kappa shape index (κ2) is 4.83. The lowest BCUT2D eigenvalue weighted by molar-refractivity contribution is -0.110. The van der Waals surface area contributed by atoms with Crippen molar-refractivity contribution in [1.82, 2.24) is 14.9 Å². The first-order chi connectivity index (χ1) is 6.96. The lowest BCUT2D eigenvalue weighted by Gasteiger charge is -2.24. The van der Waals surface area contributed by atoms with Gasteiger partial charge in [0, 0.05) is 12.4 Å². The van der Waals surface area contributed by atoms with Crippen LogP contribution >= 0.6 is 34.8 Å². The quantitative estimate of drug-likeness (QED) is 0.654. The summed E-state index contributed by atoms with van der Waals surface area (Å²) in [5.74, 6) is 0. The fourth-order valence-electron chi connectivity index (χ4n) is 0.962. The molecule has 0 fully saturated rings. The number of nitrogens with zero attached hydrogens (tertiary/aromatic N) is 2. The predicted molar refractivity (Wildman–Crippen MR) is 57.0 cm³/mol. The lowest BCUT2D eigenvalue weighted by atomic mass is 10.5. The molecular weight excluding hydrogens is 264 g/mol. The maximum Gasteiger partial charge on any atom is 0.349 e. The van der Waals surface area contributed by atoms with Crippen molar-refractivity contribution in [3.63, 3.8) is 0 Å². The summed E-state index contributed by atoms with van der Waals surface area (Å²) in [7, 11) is 0. The van der Waals surface area contributed by atoms with E-state index in [-0.39, 0.29) is 0 Å². The van der Waals surface area contributed by atoms with Crippen molar-refractivity contribution in [2.24, 2.45) is 0 Å². The summed E-state index contributed by atoms with van der Waals surface area (Å²) >= 11 is 16.8. The molecule has 1 aromatic rings. The van der Waals surface area contributed by atoms with E-state index in [1.165, 1.54) is 18.5 Å². The van der Waals surface area contributed by atoms with Gasteiger partial charge in [-0.25, -0.2) is 9.78 Å². The molecule has 15 heavy (non-hydrogen) atoms. The van der Waals surface area contributed by atoms with E-state index in [9.17, 15) is 9.59 Å². The van der Waals surface area contributed by atoms with E-state index in [4.69, 9.17) is 34.8 Å². The van der Waals surface area contributed by atoms with E-state index in [2.05, 4.69) is 10.3 Å². The Labute approximate surface area is 100.0 Å². The van der Waals surface area contributed by atoms with Crippen molar-refractivity contribution in [2.45, 2.75) is 9.96 Å². The van der Waals surface area contributed by atoms with Gasteiger partial charge in [0.05, 0.1) is 0 Å². The van der Waals surface area contributed by atoms with Crippen LogP contribution in [0.4, 0.5) is 0 Å². The van der Waals surface area contributed by atoms with E-state index >= 15 is 0 Å². The van der Waals surface area contributed by atoms with Crippen LogP contribution in [-0.4, -0.2) is 19.8 Å². The van der Waals surface area contributed by atoms with Crippen LogP contribution in [0.25, 0.3) is 0 Å². The van der Waals surface area contributed by atoms with Crippen LogP contribution in [0.2, 0.25) is 0 Å². The zero-order valence-electron chi connectivity index (χ0n) is 7.23. The summed E-state index contributed by atoms with van der Waals surface area (Å²) in [6.07, 6.45) is 1.90. The smallest absolute Gasteiger partial charge is 0.334 e. The molecule has 0 aliphatic heterocycles. The highest BCUT2D eigenvalue weighted by Gasteiger charge is 2.34. The molecular formula is C7H6Cl3N3O2. The monoisotopic (exact) mass is 269 g/mol. The Kier molecular flexibility index (Phi) is 3.96. The first-order valence-electron chi connectivity index (χ1n) is 3.76. The van der Waals surface area contributed by atoms with Crippen LogP contribution in [0, 0.1) is 0 Å². The fourth-order valence-corrected chi connectivity index (χ4v) is 1.47. The summed E-state index contributed by atoms with van der Waals surface area (Å²) in [4.78, 5) is 25.1. The van der Waals surface area contributed by atoms with Gasteiger partial charge in [-0.2, -0.15) is 0 Å². The van der Waals surface area contributed by atoms with E-state index in [0.29, 0.717) is 6.41 Å². The van der Waals surface area contributed by atoms with Crippen molar-refractivity contribution in [1.29, 1.82) is 0 Å². The minimum Gasteiger partial charge on any atom is -0.334 e. The van der Waals surface area contributed by atoms with Gasteiger partial charge in [-0.3, -0.25) is 9.36 Å². The number of carbonyl (C=O) groups excluding carboxylic acids is 1. The molecule has 1 atom stereocenters. The average molecular weight is 271 g/mol. The van der Waals surface area contributed by atoms with Gasteiger partial charge in [0.15, 0.2) is 6.17 Å². The third kappa shape index (κ3) is 3.09. The highest BCUT2D eigenvalue weighted by molar-refractivity contribution is 6.67. The van der Waals surface area contributed by atoms with Gasteiger partial charge >= 0.3 is 5.69 Å². The predicted octanol–water partition coefficient (Wildman–Crippen LogP) is 0.858. The number of halogens is 3. The Morgan fingerprint density at radius 3 is 2.67 bits per heavy atom. The molecule has 1 aromatic heterocycles. The highest BCUT2D eigenvalue weighted by atomic mass is 35.6. The van der Waals surface area contributed by atoms with E-state index in [1.807, 2.05) is 0 Å². The molecule has 0 aromatic carbocycles. The van der Waals surface area contributed by atoms with Crippen LogP contribution in [0.3, 0.4) is 0 Å². The van der Waals surface area contributed by atoms with Crippen molar-refractivity contribution in [2.75, 3.05) is 0 Å². The van der Waals surface area contributed by atoms with Gasteiger partial charge in [-0.05, 0) is 6.07 Å². The SMILES string of the molecule is O=CN[C@H](n1cccnc1=O)C(Cl)(Cl)Cl. The van der Waals surface area contributed by atoms with Gasteiger partial charge in [-0.15, -0.1) is 0 Å². The molecule has 1 rings (SSSR count). The minimum atomic E-state index is -1.84. The maximum atomic E-state index is 11.3. The van der Waals surface area contributed by atoms with Crippen molar-refractivity contribution in [3.8, 4) is 0 Å². The number of hydrogen-bond acceptors (Lipinski definition) is 3. The molecule has 0 unspecified atom stereocenters. The molecule has 1 N–H and O–H groups in total. The number of nitrogens with one attached hydrogen (secondary N) is 1. The number of carbonyl (C=O) groups is 1. The second-order valence-corrected chi connectivity index (χ2v) is 4.91. The summed E-state index contributed by atoms with van der Waals surface area (Å²) in [5.41, 5.74) is -0.622. The first-order valence-corrected chi connectivity index (χ1v) is 4.90. The highest BCUT2D eigenvalue weighted by Crippen LogP contribution is 2.35. The third-order valence-corrected chi connectivity index (χ3v) is 2.17. The molecule has 8 heteroatoms. The number of amides is 1. The zero-order valence-corrected chi connectivity index (χ0v) is 9.50. The number of hydrogen-bond donors (Lipinski definition) is 1. The van der Waals surface area contributed by atoms with E-state index in [1.54, 1.807) is 0 Å². The van der Waals surface area contributed by atoms with E-state index < -0.39 is 15.6 Å². The molecule has 0 saturated carbocycles. The molecule has 0 spiro atoms. The molecule has 0 saturated heterocycles. The van der Waals surface area contributed by atoms with Crippen molar-refractivity contribution in [3.05, 3.63) is 28.9 Å². The second-order valence-electron chi connectivity index (χ2n) is 2.54. The number of alkyl halides is 3. The summed E-state index contributed by atoms with van der Waals surface area (Å²) < 4.78 is -0.824. The summed E-state index contributed by atoms with van der Waals surface area (Å²) in [6, 6.07) is 1.48. The summed E-state index contributed by atoms with van der Waals surface area (Å²) in [6.45, 7) is 0. The zero-order chi connectivity index (χ0) is 11.5. The molecule has 0 bridgehead atoms. The molecule has 1 heterocycles. The first kappa shape index (κ1) is 12.3. The normalized spacial score (nSPS) is 13.3. The Bertz CT molecular complexity index is 401. The Balaban J connectivity index is 3.16. The van der Waals surface area contributed by atoms with Gasteiger partial charge < -0.3 is 5.32 Å². The van der Waals surface area contributed by atoms with Crippen LogP contribution in [0.1, 0.15) is 6.17 Å². The van der Waals surface area contributed by atoms with Gasteiger partial charge in [0.25, 0.3) is 0 Å². The Morgan fingerprint density at radius 1 is 1.53 bits per heavy atom. The number of rotatable bonds is 3. The van der Waals surface area contributed by atoms with E-state index in [0.717, 1.165) is 4.57 Å². The lowest BCUT2D eigenvalue weighted by Crippen LogP contribution is -2.41. The molecule has 1 amide bonds. The van der Waals surface area contributed by atoms with Gasteiger partial charge in [0.1, 0.15) is 0 Å². The van der Waals surface area contributed by atoms with Crippen LogP contribution in [0.15, 0.2) is 23.3 Å². The van der Waals surface area contributed by atoms with Gasteiger partial charge in [0.2, 0.25) is 10.2 Å².